The van der Waals surface area contributed by atoms with E-state index in [0.717, 1.165) is 0 Å². The number of rotatable bonds is 18. The van der Waals surface area contributed by atoms with E-state index >= 15 is 0 Å². The SMILES string of the molecule is O=C(O)CNCC[N+](CCN(CC(=O)O)C(P(=O)(O)O)P(=O)(O)O)(CC(=O)O)C(P(=O)(O)O)P(=O)(O)O. The minimum Gasteiger partial charge on any atom is -0.480 e. The third-order valence-electron chi connectivity index (χ3n) is 4.65. The van der Waals surface area contributed by atoms with Crippen LogP contribution in [0.25, 0.3) is 0 Å². The molecule has 0 aliphatic rings. The van der Waals surface area contributed by atoms with Gasteiger partial charge in [-0.15, -0.1) is 0 Å². The quantitative estimate of drug-likeness (QED) is 0.0394. The Balaban J connectivity index is 6.91. The molecular formula is C12H28N3O18P4+. The van der Waals surface area contributed by atoms with Crippen LogP contribution in [0.15, 0.2) is 0 Å². The van der Waals surface area contributed by atoms with Crippen LogP contribution < -0.4 is 5.32 Å². The molecule has 0 saturated carbocycles. The molecule has 0 aromatic heterocycles. The molecule has 12 N–H and O–H groups in total. The normalized spacial score (nSPS) is 15.2. The zero-order chi connectivity index (χ0) is 29.6. The first kappa shape index (κ1) is 35.9. The Hall–Kier alpha value is -1.11. The first-order valence-electron chi connectivity index (χ1n) is 9.51. The van der Waals surface area contributed by atoms with Crippen molar-refractivity contribution in [2.24, 2.45) is 0 Å². The van der Waals surface area contributed by atoms with Gasteiger partial charge in [0.2, 0.25) is 5.52 Å². The maximum absolute atomic E-state index is 12.1. The number of hydrogen-bond acceptors (Lipinski definition) is 9. The van der Waals surface area contributed by atoms with Gasteiger partial charge >= 0.3 is 48.3 Å². The van der Waals surface area contributed by atoms with Gasteiger partial charge in [0.15, 0.2) is 6.54 Å². The van der Waals surface area contributed by atoms with E-state index in [0.29, 0.717) is 0 Å². The lowest BCUT2D eigenvalue weighted by Crippen LogP contribution is -2.62. The fourth-order valence-electron chi connectivity index (χ4n) is 3.58. The summed E-state index contributed by atoms with van der Waals surface area (Å²) in [6.07, 6.45) is 0. The highest BCUT2D eigenvalue weighted by molar-refractivity contribution is 7.71. The van der Waals surface area contributed by atoms with Crippen molar-refractivity contribution >= 4 is 48.3 Å². The Morgan fingerprint density at radius 2 is 1.16 bits per heavy atom. The Kier molecular flexibility index (Phi) is 12.9. The summed E-state index contributed by atoms with van der Waals surface area (Å²) in [5.41, 5.74) is -6.28. The van der Waals surface area contributed by atoms with Gasteiger partial charge in [-0.1, -0.05) is 0 Å². The van der Waals surface area contributed by atoms with E-state index in [9.17, 15) is 76.9 Å². The van der Waals surface area contributed by atoms with Gasteiger partial charge in [0, 0.05) is 13.1 Å². The molecule has 0 radical (unpaired) electrons. The van der Waals surface area contributed by atoms with E-state index in [1.807, 2.05) is 0 Å². The lowest BCUT2D eigenvalue weighted by molar-refractivity contribution is -0.920. The summed E-state index contributed by atoms with van der Waals surface area (Å²) in [7, 11) is -23.6. The van der Waals surface area contributed by atoms with Gasteiger partial charge in [0.1, 0.15) is 0 Å². The van der Waals surface area contributed by atoms with Crippen molar-refractivity contribution in [2.45, 2.75) is 11.0 Å². The number of nitrogens with one attached hydrogen (secondary N) is 1. The molecule has 0 bridgehead atoms. The molecule has 0 heterocycles. The summed E-state index contributed by atoms with van der Waals surface area (Å²) < 4.78 is 46.0. The Bertz CT molecular complexity index is 985. The van der Waals surface area contributed by atoms with Gasteiger partial charge in [-0.05, 0) is 0 Å². The highest BCUT2D eigenvalue weighted by atomic mass is 31.2. The van der Waals surface area contributed by atoms with Crippen molar-refractivity contribution in [1.29, 1.82) is 0 Å². The standard InChI is InChI=1S/C12H27N3O18P4/c16-8(17)5-13-1-3-15(7-10(20)21,12(36(28,29)30)37(31,32)33)4-2-14(6-9(18)19)11(34(22,23)24)35(25,26)27/h11-13H,1-7H2,(H10-,16,17,18,19,20,21,22,23,24,25,26,27,28,29,30,31,32,33)/p+1. The summed E-state index contributed by atoms with van der Waals surface area (Å²) in [5, 5.41) is 29.3. The van der Waals surface area contributed by atoms with Crippen LogP contribution in [0, 0.1) is 0 Å². The molecule has 1 unspecified atom stereocenters. The van der Waals surface area contributed by atoms with Crippen LogP contribution in [0.5, 0.6) is 0 Å². The molecule has 0 aliphatic heterocycles. The molecule has 37 heavy (non-hydrogen) atoms. The number of hydrogen-bond donors (Lipinski definition) is 12. The number of quaternary nitrogens is 1. The molecule has 0 amide bonds. The number of nitrogens with zero attached hydrogens (tertiary/aromatic N) is 2. The third-order valence-corrected chi connectivity index (χ3v) is 12.3. The summed E-state index contributed by atoms with van der Waals surface area (Å²) in [6, 6.07) is 0. The van der Waals surface area contributed by atoms with Crippen molar-refractivity contribution in [3.05, 3.63) is 0 Å². The second-order valence-corrected chi connectivity index (χ2v) is 15.2. The smallest absolute Gasteiger partial charge is 0.395 e. The molecular weight excluding hydrogens is 598 g/mol. The molecule has 0 aliphatic carbocycles. The number of carboxylic acids is 3. The Morgan fingerprint density at radius 1 is 0.703 bits per heavy atom. The maximum Gasteiger partial charge on any atom is 0.395 e. The molecule has 0 spiro atoms. The third kappa shape index (κ3) is 12.1. The molecule has 0 fully saturated rings. The van der Waals surface area contributed by atoms with Crippen molar-refractivity contribution in [2.75, 3.05) is 45.8 Å². The zero-order valence-electron chi connectivity index (χ0n) is 18.6. The molecule has 0 rings (SSSR count). The largest absolute Gasteiger partial charge is 0.480 e. The summed E-state index contributed by atoms with van der Waals surface area (Å²) in [4.78, 5) is 110. The average molecular weight is 626 g/mol. The number of carboxylic acid groups (broad SMARTS) is 3. The minimum absolute atomic E-state index is 0.0279. The van der Waals surface area contributed by atoms with Gasteiger partial charge in [0.05, 0.1) is 26.2 Å². The summed E-state index contributed by atoms with van der Waals surface area (Å²) in [5.74, 6) is -5.28. The molecule has 0 aromatic carbocycles. The second kappa shape index (κ2) is 13.3. The van der Waals surface area contributed by atoms with Gasteiger partial charge in [0.25, 0.3) is 5.52 Å². The predicted molar refractivity (Wildman–Crippen MR) is 118 cm³/mol. The maximum atomic E-state index is 12.1. The lowest BCUT2D eigenvalue weighted by atomic mass is 10.3. The Labute approximate surface area is 207 Å². The fraction of sp³-hybridized carbons (Fsp3) is 0.750. The monoisotopic (exact) mass is 626 g/mol. The van der Waals surface area contributed by atoms with Gasteiger partial charge in [-0.25, -0.2) is 4.79 Å². The van der Waals surface area contributed by atoms with Crippen LogP contribution in [0.4, 0.5) is 0 Å². The van der Waals surface area contributed by atoms with Crippen molar-refractivity contribution < 1.29 is 91.6 Å². The summed E-state index contributed by atoms with van der Waals surface area (Å²) >= 11 is 0. The van der Waals surface area contributed by atoms with Crippen LogP contribution in [-0.2, 0) is 32.6 Å². The van der Waals surface area contributed by atoms with Gasteiger partial charge in [-0.3, -0.25) is 37.2 Å². The van der Waals surface area contributed by atoms with E-state index in [-0.39, 0.29) is 4.90 Å². The number of aliphatic carboxylic acids is 3. The Morgan fingerprint density at radius 3 is 1.49 bits per heavy atom. The molecule has 218 valence electrons. The van der Waals surface area contributed by atoms with Gasteiger partial charge in [-0.2, -0.15) is 0 Å². The van der Waals surface area contributed by atoms with Crippen molar-refractivity contribution in [1.82, 2.24) is 10.2 Å². The lowest BCUT2D eigenvalue weighted by Gasteiger charge is -2.44. The van der Waals surface area contributed by atoms with Crippen LogP contribution in [0.3, 0.4) is 0 Å². The topological polar surface area (TPSA) is 357 Å². The van der Waals surface area contributed by atoms with E-state index in [2.05, 4.69) is 5.32 Å². The van der Waals surface area contributed by atoms with E-state index in [1.54, 1.807) is 0 Å². The number of carbonyl (C=O) groups is 3. The van der Waals surface area contributed by atoms with E-state index in [1.165, 1.54) is 0 Å². The van der Waals surface area contributed by atoms with Crippen LogP contribution in [0.2, 0.25) is 0 Å². The van der Waals surface area contributed by atoms with Crippen LogP contribution in [-0.4, -0.2) is 139 Å². The van der Waals surface area contributed by atoms with Crippen molar-refractivity contribution in [3.8, 4) is 0 Å². The van der Waals surface area contributed by atoms with Crippen molar-refractivity contribution in [3.63, 3.8) is 0 Å². The van der Waals surface area contributed by atoms with E-state index < -0.39 is 110 Å². The molecule has 1 atom stereocenters. The first-order chi connectivity index (χ1) is 16.3. The molecule has 25 heteroatoms. The first-order valence-corrected chi connectivity index (χ1v) is 16.2. The fourth-order valence-corrected chi connectivity index (χ4v) is 9.86. The zero-order valence-corrected chi connectivity index (χ0v) is 22.1. The van der Waals surface area contributed by atoms with E-state index in [4.69, 9.17) is 10.2 Å². The highest BCUT2D eigenvalue weighted by Crippen LogP contribution is 2.64. The van der Waals surface area contributed by atoms with Gasteiger partial charge < -0.3 is 59.8 Å². The molecule has 0 saturated heterocycles. The highest BCUT2D eigenvalue weighted by Gasteiger charge is 2.59. The minimum atomic E-state index is -5.96. The predicted octanol–water partition coefficient (Wildman–Crippen LogP) is -3.77. The molecule has 0 aromatic rings. The second-order valence-electron chi connectivity index (χ2n) is 7.70. The average Bonchev–Trinajstić information content (AvgIpc) is 2.57. The van der Waals surface area contributed by atoms with Crippen LogP contribution >= 0.6 is 30.4 Å². The van der Waals surface area contributed by atoms with Crippen LogP contribution in [0.1, 0.15) is 0 Å². The summed E-state index contributed by atoms with van der Waals surface area (Å²) in [6.45, 7) is -7.95. The molecule has 21 nitrogen and oxygen atoms in total.